The zero-order valence-corrected chi connectivity index (χ0v) is 11.7. The Labute approximate surface area is 110 Å². The summed E-state index contributed by atoms with van der Waals surface area (Å²) in [5.74, 6) is 0. The van der Waals surface area contributed by atoms with Crippen molar-refractivity contribution >= 4 is 10.0 Å². The molecule has 0 atom stereocenters. The van der Waals surface area contributed by atoms with Crippen molar-refractivity contribution in [2.45, 2.75) is 49.8 Å². The van der Waals surface area contributed by atoms with Crippen LogP contribution in [0.15, 0.2) is 0 Å². The Kier molecular flexibility index (Phi) is 5.00. The fourth-order valence-corrected chi connectivity index (χ4v) is 4.79. The zero-order valence-electron chi connectivity index (χ0n) is 10.9. The first-order valence-electron chi connectivity index (χ1n) is 6.94. The van der Waals surface area contributed by atoms with Crippen molar-refractivity contribution in [1.29, 1.82) is 0 Å². The summed E-state index contributed by atoms with van der Waals surface area (Å²) in [7, 11) is -3.16. The van der Waals surface area contributed by atoms with Crippen LogP contribution in [-0.2, 0) is 14.8 Å². The number of nitrogens with two attached hydrogens (primary N) is 1. The predicted molar refractivity (Wildman–Crippen MR) is 70.8 cm³/mol. The van der Waals surface area contributed by atoms with E-state index in [4.69, 9.17) is 10.5 Å². The minimum atomic E-state index is -3.16. The number of sulfonamides is 1. The third kappa shape index (κ3) is 3.04. The highest BCUT2D eigenvalue weighted by atomic mass is 32.2. The molecule has 2 N–H and O–H groups in total. The Hall–Kier alpha value is -0.170. The van der Waals surface area contributed by atoms with Crippen LogP contribution in [0.1, 0.15) is 38.5 Å². The van der Waals surface area contributed by atoms with Gasteiger partial charge in [-0.25, -0.2) is 8.42 Å². The Morgan fingerprint density at radius 1 is 1.17 bits per heavy atom. The van der Waals surface area contributed by atoms with Gasteiger partial charge in [0.05, 0.1) is 5.25 Å². The monoisotopic (exact) mass is 276 g/mol. The molecule has 1 heterocycles. The average Bonchev–Trinajstić information content (AvgIpc) is 2.33. The second-order valence-electron chi connectivity index (χ2n) is 5.19. The van der Waals surface area contributed by atoms with Gasteiger partial charge in [0.1, 0.15) is 0 Å². The molecule has 6 heteroatoms. The van der Waals surface area contributed by atoms with E-state index in [1.165, 1.54) is 0 Å². The molecular formula is C12H24N2O3S. The van der Waals surface area contributed by atoms with E-state index < -0.39 is 10.0 Å². The van der Waals surface area contributed by atoms with E-state index in [0.29, 0.717) is 39.1 Å². The number of hydrogen-bond acceptors (Lipinski definition) is 4. The van der Waals surface area contributed by atoms with E-state index >= 15 is 0 Å². The summed E-state index contributed by atoms with van der Waals surface area (Å²) in [6.07, 6.45) is 5.18. The first-order valence-corrected chi connectivity index (χ1v) is 8.45. The molecule has 0 spiro atoms. The molecule has 1 saturated carbocycles. The van der Waals surface area contributed by atoms with E-state index in [0.717, 1.165) is 25.7 Å². The van der Waals surface area contributed by atoms with Crippen LogP contribution in [0, 0.1) is 0 Å². The molecule has 18 heavy (non-hydrogen) atoms. The smallest absolute Gasteiger partial charge is 0.217 e. The Morgan fingerprint density at radius 3 is 2.33 bits per heavy atom. The van der Waals surface area contributed by atoms with Gasteiger partial charge in [0.2, 0.25) is 10.0 Å². The summed E-state index contributed by atoms with van der Waals surface area (Å²) in [4.78, 5) is 0. The minimum Gasteiger partial charge on any atom is -0.381 e. The van der Waals surface area contributed by atoms with Gasteiger partial charge >= 0.3 is 0 Å². The lowest BCUT2D eigenvalue weighted by atomic mass is 9.93. The summed E-state index contributed by atoms with van der Waals surface area (Å²) in [6.45, 7) is 2.27. The van der Waals surface area contributed by atoms with Crippen molar-refractivity contribution < 1.29 is 13.2 Å². The highest BCUT2D eigenvalue weighted by Gasteiger charge is 2.38. The molecule has 0 amide bonds. The summed E-state index contributed by atoms with van der Waals surface area (Å²) in [5, 5.41) is -0.246. The third-order valence-electron chi connectivity index (χ3n) is 3.98. The number of ether oxygens (including phenoxy) is 1. The summed E-state index contributed by atoms with van der Waals surface area (Å²) in [5.41, 5.74) is 5.52. The van der Waals surface area contributed by atoms with Crippen LogP contribution in [-0.4, -0.2) is 50.3 Å². The van der Waals surface area contributed by atoms with Crippen molar-refractivity contribution in [3.8, 4) is 0 Å². The SMILES string of the molecule is NCCCN(C1CCC1)S(=O)(=O)C1CCOCC1. The maximum Gasteiger partial charge on any atom is 0.217 e. The number of nitrogens with zero attached hydrogens (tertiary/aromatic N) is 1. The van der Waals surface area contributed by atoms with Gasteiger partial charge in [0.15, 0.2) is 0 Å². The molecule has 0 aromatic rings. The van der Waals surface area contributed by atoms with E-state index in [1.54, 1.807) is 4.31 Å². The van der Waals surface area contributed by atoms with E-state index in [2.05, 4.69) is 0 Å². The molecule has 106 valence electrons. The summed E-state index contributed by atoms with van der Waals surface area (Å²) < 4.78 is 32.3. The fourth-order valence-electron chi connectivity index (χ4n) is 2.60. The molecule has 1 aliphatic carbocycles. The van der Waals surface area contributed by atoms with Gasteiger partial charge in [0.25, 0.3) is 0 Å². The molecular weight excluding hydrogens is 252 g/mol. The highest BCUT2D eigenvalue weighted by Crippen LogP contribution is 2.30. The molecule has 0 aromatic heterocycles. The molecule has 0 radical (unpaired) electrons. The number of hydrogen-bond donors (Lipinski definition) is 1. The van der Waals surface area contributed by atoms with Crippen LogP contribution in [0.2, 0.25) is 0 Å². The number of rotatable bonds is 6. The van der Waals surface area contributed by atoms with Gasteiger partial charge in [-0.2, -0.15) is 4.31 Å². The van der Waals surface area contributed by atoms with Crippen LogP contribution in [0.5, 0.6) is 0 Å². The second-order valence-corrected chi connectivity index (χ2v) is 7.36. The van der Waals surface area contributed by atoms with Crippen molar-refractivity contribution in [1.82, 2.24) is 4.31 Å². The molecule has 2 rings (SSSR count). The van der Waals surface area contributed by atoms with Crippen LogP contribution in [0.3, 0.4) is 0 Å². The predicted octanol–water partition coefficient (Wildman–Crippen LogP) is 0.698. The van der Waals surface area contributed by atoms with Gasteiger partial charge in [-0.05, 0) is 38.6 Å². The molecule has 5 nitrogen and oxygen atoms in total. The summed E-state index contributed by atoms with van der Waals surface area (Å²) >= 11 is 0. The Morgan fingerprint density at radius 2 is 1.83 bits per heavy atom. The van der Waals surface area contributed by atoms with Crippen molar-refractivity contribution in [2.75, 3.05) is 26.3 Å². The van der Waals surface area contributed by atoms with Gasteiger partial charge < -0.3 is 10.5 Å². The van der Waals surface area contributed by atoms with Gasteiger partial charge in [-0.1, -0.05) is 6.42 Å². The zero-order chi connectivity index (χ0) is 13.0. The quantitative estimate of drug-likeness (QED) is 0.775. The first-order chi connectivity index (χ1) is 8.66. The molecule has 2 aliphatic rings. The normalized spacial score (nSPS) is 23.2. The average molecular weight is 276 g/mol. The standard InChI is InChI=1S/C12H24N2O3S/c13-7-2-8-14(11-3-1-4-11)18(15,16)12-5-9-17-10-6-12/h11-12H,1-10,13H2. The molecule has 1 aliphatic heterocycles. The van der Waals surface area contributed by atoms with Crippen LogP contribution >= 0.6 is 0 Å². The molecule has 2 fully saturated rings. The van der Waals surface area contributed by atoms with Gasteiger partial charge in [0, 0.05) is 25.8 Å². The maximum absolute atomic E-state index is 12.7. The molecule has 0 bridgehead atoms. The largest absolute Gasteiger partial charge is 0.381 e. The van der Waals surface area contributed by atoms with Crippen LogP contribution in [0.25, 0.3) is 0 Å². The van der Waals surface area contributed by atoms with E-state index in [1.807, 2.05) is 0 Å². The first kappa shape index (κ1) is 14.2. The molecule has 1 saturated heterocycles. The topological polar surface area (TPSA) is 72.6 Å². The second kappa shape index (κ2) is 6.32. The molecule has 0 aromatic carbocycles. The van der Waals surface area contributed by atoms with Crippen molar-refractivity contribution in [3.63, 3.8) is 0 Å². The lowest BCUT2D eigenvalue weighted by molar-refractivity contribution is 0.0959. The molecule has 0 unspecified atom stereocenters. The Balaban J connectivity index is 2.06. The lowest BCUT2D eigenvalue weighted by Gasteiger charge is -2.39. The maximum atomic E-state index is 12.7. The van der Waals surface area contributed by atoms with E-state index in [9.17, 15) is 8.42 Å². The van der Waals surface area contributed by atoms with Gasteiger partial charge in [-0.3, -0.25) is 0 Å². The van der Waals surface area contributed by atoms with Gasteiger partial charge in [-0.15, -0.1) is 0 Å². The fraction of sp³-hybridized carbons (Fsp3) is 1.00. The van der Waals surface area contributed by atoms with Crippen molar-refractivity contribution in [3.05, 3.63) is 0 Å². The highest BCUT2D eigenvalue weighted by molar-refractivity contribution is 7.89. The lowest BCUT2D eigenvalue weighted by Crippen LogP contribution is -2.49. The minimum absolute atomic E-state index is 0.226. The summed E-state index contributed by atoms with van der Waals surface area (Å²) in [6, 6.07) is 0.226. The Bertz CT molecular complexity index is 348. The van der Waals surface area contributed by atoms with Crippen LogP contribution in [0.4, 0.5) is 0 Å². The van der Waals surface area contributed by atoms with Crippen LogP contribution < -0.4 is 5.73 Å². The third-order valence-corrected chi connectivity index (χ3v) is 6.43. The van der Waals surface area contributed by atoms with E-state index in [-0.39, 0.29) is 11.3 Å². The van der Waals surface area contributed by atoms with Crippen molar-refractivity contribution in [2.24, 2.45) is 5.73 Å².